The van der Waals surface area contributed by atoms with Gasteiger partial charge in [-0.15, -0.1) is 0 Å². The molecule has 5 nitrogen and oxygen atoms in total. The Labute approximate surface area is 110 Å². The summed E-state index contributed by atoms with van der Waals surface area (Å²) in [6.45, 7) is 2.91. The molecule has 5 heteroatoms. The van der Waals surface area contributed by atoms with Crippen LogP contribution >= 0.6 is 0 Å². The highest BCUT2D eigenvalue weighted by Crippen LogP contribution is 2.31. The second kappa shape index (κ2) is 4.66. The van der Waals surface area contributed by atoms with Crippen LogP contribution < -0.4 is 0 Å². The summed E-state index contributed by atoms with van der Waals surface area (Å²) < 4.78 is 7.67. The molecule has 0 bridgehead atoms. The van der Waals surface area contributed by atoms with Gasteiger partial charge >= 0.3 is 5.97 Å². The number of aromatic carboxylic acids is 1. The van der Waals surface area contributed by atoms with E-state index in [1.165, 1.54) is 0 Å². The number of carboxylic acids is 1. The summed E-state index contributed by atoms with van der Waals surface area (Å²) in [5.41, 5.74) is 1.20. The van der Waals surface area contributed by atoms with Gasteiger partial charge in [-0.2, -0.15) is 5.10 Å². The number of carbonyl (C=O) groups is 1. The van der Waals surface area contributed by atoms with Crippen molar-refractivity contribution in [3.8, 4) is 0 Å². The summed E-state index contributed by atoms with van der Waals surface area (Å²) in [5.74, 6) is -0.507. The predicted molar refractivity (Wildman–Crippen MR) is 70.1 cm³/mol. The SMILES string of the molecule is CC1CCCOC1n1ncc2cc(C(=O)O)ccc21. The highest BCUT2D eigenvalue weighted by molar-refractivity contribution is 5.93. The topological polar surface area (TPSA) is 64.4 Å². The van der Waals surface area contributed by atoms with E-state index in [0.717, 1.165) is 30.4 Å². The number of fused-ring (bicyclic) bond motifs is 1. The lowest BCUT2D eigenvalue weighted by molar-refractivity contribution is -0.0723. The second-order valence-corrected chi connectivity index (χ2v) is 5.05. The van der Waals surface area contributed by atoms with E-state index < -0.39 is 5.97 Å². The Morgan fingerprint density at radius 1 is 1.53 bits per heavy atom. The number of ether oxygens (including phenoxy) is 1. The molecule has 1 aromatic heterocycles. The van der Waals surface area contributed by atoms with Gasteiger partial charge in [0.05, 0.1) is 17.3 Å². The maximum Gasteiger partial charge on any atom is 0.335 e. The van der Waals surface area contributed by atoms with Crippen LogP contribution in [0.3, 0.4) is 0 Å². The number of benzene rings is 1. The van der Waals surface area contributed by atoms with Gasteiger partial charge in [0, 0.05) is 17.9 Å². The van der Waals surface area contributed by atoms with Gasteiger partial charge in [-0.25, -0.2) is 9.48 Å². The van der Waals surface area contributed by atoms with Crippen molar-refractivity contribution in [1.82, 2.24) is 9.78 Å². The Kier molecular flexibility index (Phi) is 2.98. The van der Waals surface area contributed by atoms with E-state index in [4.69, 9.17) is 9.84 Å². The summed E-state index contributed by atoms with van der Waals surface area (Å²) in [4.78, 5) is 11.0. The summed E-state index contributed by atoms with van der Waals surface area (Å²) in [5, 5.41) is 14.2. The van der Waals surface area contributed by atoms with Crippen molar-refractivity contribution in [1.29, 1.82) is 0 Å². The van der Waals surface area contributed by atoms with Gasteiger partial charge in [-0.05, 0) is 31.0 Å². The fourth-order valence-electron chi connectivity index (χ4n) is 2.62. The fraction of sp³-hybridized carbons (Fsp3) is 0.429. The van der Waals surface area contributed by atoms with Gasteiger partial charge in [0.25, 0.3) is 0 Å². The Hall–Kier alpha value is -1.88. The fourth-order valence-corrected chi connectivity index (χ4v) is 2.62. The van der Waals surface area contributed by atoms with Crippen LogP contribution in [0, 0.1) is 5.92 Å². The van der Waals surface area contributed by atoms with Crippen molar-refractivity contribution in [2.75, 3.05) is 6.61 Å². The summed E-state index contributed by atoms with van der Waals surface area (Å²) in [7, 11) is 0. The molecule has 2 heterocycles. The quantitative estimate of drug-likeness (QED) is 0.901. The van der Waals surface area contributed by atoms with Crippen LogP contribution in [-0.4, -0.2) is 27.5 Å². The van der Waals surface area contributed by atoms with E-state index in [2.05, 4.69) is 12.0 Å². The number of nitrogens with zero attached hydrogens (tertiary/aromatic N) is 2. The minimum atomic E-state index is -0.920. The molecule has 2 unspecified atom stereocenters. The molecule has 100 valence electrons. The van der Waals surface area contributed by atoms with Gasteiger partial charge in [0.15, 0.2) is 6.23 Å². The molecule has 1 aromatic carbocycles. The van der Waals surface area contributed by atoms with E-state index in [-0.39, 0.29) is 11.8 Å². The van der Waals surface area contributed by atoms with Crippen molar-refractivity contribution in [2.45, 2.75) is 26.0 Å². The molecule has 1 fully saturated rings. The van der Waals surface area contributed by atoms with Crippen LogP contribution in [0.4, 0.5) is 0 Å². The van der Waals surface area contributed by atoms with Gasteiger partial charge in [0.2, 0.25) is 0 Å². The monoisotopic (exact) mass is 260 g/mol. The molecule has 19 heavy (non-hydrogen) atoms. The number of aromatic nitrogens is 2. The van der Waals surface area contributed by atoms with Crippen LogP contribution in [0.25, 0.3) is 10.9 Å². The van der Waals surface area contributed by atoms with Crippen molar-refractivity contribution in [3.05, 3.63) is 30.0 Å². The lowest BCUT2D eigenvalue weighted by Gasteiger charge is -2.29. The summed E-state index contributed by atoms with van der Waals surface area (Å²) >= 11 is 0. The average Bonchev–Trinajstić information content (AvgIpc) is 2.82. The number of rotatable bonds is 2. The number of carboxylic acid groups (broad SMARTS) is 1. The molecule has 1 saturated heterocycles. The van der Waals surface area contributed by atoms with Gasteiger partial charge in [0.1, 0.15) is 0 Å². The van der Waals surface area contributed by atoms with E-state index in [9.17, 15) is 4.79 Å². The molecule has 1 aliphatic heterocycles. The lowest BCUT2D eigenvalue weighted by Crippen LogP contribution is -2.26. The summed E-state index contributed by atoms with van der Waals surface area (Å²) in [6.07, 6.45) is 3.85. The zero-order valence-corrected chi connectivity index (χ0v) is 10.7. The van der Waals surface area contributed by atoms with Crippen LogP contribution in [-0.2, 0) is 4.74 Å². The minimum absolute atomic E-state index is 0.0538. The normalized spacial score (nSPS) is 23.6. The van der Waals surface area contributed by atoms with Gasteiger partial charge in [-0.1, -0.05) is 6.92 Å². The number of hydrogen-bond acceptors (Lipinski definition) is 3. The molecule has 2 aromatic rings. The maximum absolute atomic E-state index is 11.0. The molecular formula is C14H16N2O3. The molecule has 1 N–H and O–H groups in total. The smallest absolute Gasteiger partial charge is 0.335 e. The van der Waals surface area contributed by atoms with Crippen molar-refractivity contribution in [2.24, 2.45) is 5.92 Å². The van der Waals surface area contributed by atoms with Crippen molar-refractivity contribution in [3.63, 3.8) is 0 Å². The van der Waals surface area contributed by atoms with Gasteiger partial charge in [-0.3, -0.25) is 0 Å². The average molecular weight is 260 g/mol. The first-order valence-electron chi connectivity index (χ1n) is 6.49. The van der Waals surface area contributed by atoms with Crippen LogP contribution in [0.5, 0.6) is 0 Å². The molecule has 0 saturated carbocycles. The Morgan fingerprint density at radius 3 is 3.11 bits per heavy atom. The molecule has 0 amide bonds. The van der Waals surface area contributed by atoms with Crippen molar-refractivity contribution < 1.29 is 14.6 Å². The van der Waals surface area contributed by atoms with E-state index >= 15 is 0 Å². The minimum Gasteiger partial charge on any atom is -0.478 e. The first-order chi connectivity index (χ1) is 9.16. The van der Waals surface area contributed by atoms with Crippen molar-refractivity contribution >= 4 is 16.9 Å². The third-order valence-electron chi connectivity index (χ3n) is 3.66. The highest BCUT2D eigenvalue weighted by Gasteiger charge is 2.25. The van der Waals surface area contributed by atoms with E-state index in [1.54, 1.807) is 24.4 Å². The van der Waals surface area contributed by atoms with Gasteiger partial charge < -0.3 is 9.84 Å². The first kappa shape index (κ1) is 12.2. The molecule has 1 aliphatic rings. The first-order valence-corrected chi connectivity index (χ1v) is 6.49. The molecule has 3 rings (SSSR count). The van der Waals surface area contributed by atoms with Crippen LogP contribution in [0.15, 0.2) is 24.4 Å². The Bertz CT molecular complexity index is 620. The predicted octanol–water partition coefficient (Wildman–Crippen LogP) is 2.68. The largest absolute Gasteiger partial charge is 0.478 e. The van der Waals surface area contributed by atoms with E-state index in [1.807, 2.05) is 4.68 Å². The molecular weight excluding hydrogens is 244 g/mol. The summed E-state index contributed by atoms with van der Waals surface area (Å²) in [6, 6.07) is 5.06. The molecule has 0 spiro atoms. The third-order valence-corrected chi connectivity index (χ3v) is 3.66. The lowest BCUT2D eigenvalue weighted by atomic mass is 10.0. The maximum atomic E-state index is 11.0. The standard InChI is InChI=1S/C14H16N2O3/c1-9-3-2-6-19-13(9)16-12-5-4-10(14(17)18)7-11(12)8-15-16/h4-5,7-9,13H,2-3,6H2,1H3,(H,17,18). The molecule has 0 radical (unpaired) electrons. The number of hydrogen-bond donors (Lipinski definition) is 1. The van der Waals surface area contributed by atoms with E-state index in [0.29, 0.717) is 5.92 Å². The highest BCUT2D eigenvalue weighted by atomic mass is 16.5. The van der Waals surface area contributed by atoms with Crippen LogP contribution in [0.2, 0.25) is 0 Å². The third kappa shape index (κ3) is 2.10. The second-order valence-electron chi connectivity index (χ2n) is 5.05. The molecule has 0 aliphatic carbocycles. The Morgan fingerprint density at radius 2 is 2.37 bits per heavy atom. The zero-order chi connectivity index (χ0) is 13.4. The Balaban J connectivity index is 2.03. The van der Waals surface area contributed by atoms with Crippen LogP contribution in [0.1, 0.15) is 36.4 Å². The molecule has 2 atom stereocenters. The zero-order valence-electron chi connectivity index (χ0n) is 10.7.